The molecular formula is C18H28Cl2N2O3. The average molecular weight is 391 g/mol. The maximum absolute atomic E-state index is 11.9. The third kappa shape index (κ3) is 8.63. The van der Waals surface area contributed by atoms with Crippen molar-refractivity contribution in [1.82, 2.24) is 10.3 Å². The van der Waals surface area contributed by atoms with Crippen molar-refractivity contribution in [2.45, 2.75) is 53.6 Å². The number of hydrogen-bond acceptors (Lipinski definition) is 4. The van der Waals surface area contributed by atoms with Crippen LogP contribution in [-0.4, -0.2) is 29.8 Å². The number of amides is 1. The SMILES string of the molecule is CC(C)CC(C)(CNC(=O)OC(C)(C)C)COc1cnc(Cl)cc1Cl. The Kier molecular flexibility index (Phi) is 7.82. The molecule has 7 heteroatoms. The van der Waals surface area contributed by atoms with Crippen LogP contribution < -0.4 is 10.1 Å². The Morgan fingerprint density at radius 2 is 1.92 bits per heavy atom. The second-order valence-corrected chi connectivity index (χ2v) is 8.78. The van der Waals surface area contributed by atoms with E-state index in [9.17, 15) is 4.79 Å². The van der Waals surface area contributed by atoms with Gasteiger partial charge in [-0.3, -0.25) is 0 Å². The van der Waals surface area contributed by atoms with Crippen molar-refractivity contribution >= 4 is 29.3 Å². The van der Waals surface area contributed by atoms with Crippen LogP contribution in [-0.2, 0) is 4.74 Å². The van der Waals surface area contributed by atoms with Gasteiger partial charge in [0.25, 0.3) is 0 Å². The van der Waals surface area contributed by atoms with E-state index in [0.717, 1.165) is 6.42 Å². The lowest BCUT2D eigenvalue weighted by molar-refractivity contribution is 0.0471. The Labute approximate surface area is 160 Å². The van der Waals surface area contributed by atoms with Crippen LogP contribution in [0.2, 0.25) is 10.2 Å². The molecule has 0 spiro atoms. The van der Waals surface area contributed by atoms with E-state index in [2.05, 4.69) is 31.1 Å². The first kappa shape index (κ1) is 21.8. The van der Waals surface area contributed by atoms with Crippen molar-refractivity contribution in [3.8, 4) is 5.75 Å². The monoisotopic (exact) mass is 390 g/mol. The van der Waals surface area contributed by atoms with Gasteiger partial charge in [0.1, 0.15) is 10.8 Å². The zero-order valence-electron chi connectivity index (χ0n) is 15.8. The minimum absolute atomic E-state index is 0.284. The molecule has 0 aromatic carbocycles. The summed E-state index contributed by atoms with van der Waals surface area (Å²) >= 11 is 11.9. The molecule has 25 heavy (non-hydrogen) atoms. The lowest BCUT2D eigenvalue weighted by Gasteiger charge is -2.32. The molecular weight excluding hydrogens is 363 g/mol. The first-order valence-electron chi connectivity index (χ1n) is 8.31. The van der Waals surface area contributed by atoms with E-state index < -0.39 is 11.7 Å². The number of aromatic nitrogens is 1. The van der Waals surface area contributed by atoms with E-state index in [4.69, 9.17) is 32.7 Å². The van der Waals surface area contributed by atoms with E-state index in [0.29, 0.717) is 35.0 Å². The Morgan fingerprint density at radius 1 is 1.28 bits per heavy atom. The lowest BCUT2D eigenvalue weighted by atomic mass is 9.82. The number of carbonyl (C=O) groups is 1. The van der Waals surface area contributed by atoms with Gasteiger partial charge in [-0.1, -0.05) is 44.0 Å². The fourth-order valence-corrected chi connectivity index (χ4v) is 2.94. The smallest absolute Gasteiger partial charge is 0.407 e. The summed E-state index contributed by atoms with van der Waals surface area (Å²) in [4.78, 5) is 15.9. The van der Waals surface area contributed by atoms with E-state index in [1.165, 1.54) is 12.3 Å². The molecule has 0 aliphatic rings. The lowest BCUT2D eigenvalue weighted by Crippen LogP contribution is -2.42. The highest BCUT2D eigenvalue weighted by molar-refractivity contribution is 6.34. The number of nitrogens with one attached hydrogen (secondary N) is 1. The quantitative estimate of drug-likeness (QED) is 0.637. The standard InChI is InChI=1S/C18H28Cl2N2O3/c1-12(2)8-18(6,10-22-16(23)25-17(3,4)5)11-24-14-9-21-15(20)7-13(14)19/h7,9,12H,8,10-11H2,1-6H3,(H,22,23). The highest BCUT2D eigenvalue weighted by Gasteiger charge is 2.29. The number of halogens is 2. The Bertz CT molecular complexity index is 588. The fourth-order valence-electron chi connectivity index (χ4n) is 2.52. The first-order chi connectivity index (χ1) is 11.4. The minimum atomic E-state index is -0.530. The van der Waals surface area contributed by atoms with Gasteiger partial charge in [-0.2, -0.15) is 0 Å². The third-order valence-corrected chi connectivity index (χ3v) is 3.82. The second kappa shape index (κ2) is 8.95. The zero-order chi connectivity index (χ0) is 19.3. The molecule has 1 heterocycles. The predicted octanol–water partition coefficient (Wildman–Crippen LogP) is 5.34. The summed E-state index contributed by atoms with van der Waals surface area (Å²) in [7, 11) is 0. The third-order valence-electron chi connectivity index (χ3n) is 3.32. The molecule has 1 aromatic heterocycles. The van der Waals surface area contributed by atoms with Crippen molar-refractivity contribution in [1.29, 1.82) is 0 Å². The summed E-state index contributed by atoms with van der Waals surface area (Å²) in [5, 5.41) is 3.56. The molecule has 0 saturated carbocycles. The number of nitrogens with zero attached hydrogens (tertiary/aromatic N) is 1. The summed E-state index contributed by atoms with van der Waals surface area (Å²) in [5.74, 6) is 0.908. The summed E-state index contributed by atoms with van der Waals surface area (Å²) < 4.78 is 11.1. The molecule has 1 N–H and O–H groups in total. The number of hydrogen-bond donors (Lipinski definition) is 1. The van der Waals surface area contributed by atoms with Crippen LogP contribution in [0.25, 0.3) is 0 Å². The summed E-state index contributed by atoms with van der Waals surface area (Å²) in [5.41, 5.74) is -0.814. The molecule has 1 atom stereocenters. The highest BCUT2D eigenvalue weighted by Crippen LogP contribution is 2.30. The largest absolute Gasteiger partial charge is 0.490 e. The predicted molar refractivity (Wildman–Crippen MR) is 102 cm³/mol. The molecule has 0 radical (unpaired) electrons. The zero-order valence-corrected chi connectivity index (χ0v) is 17.3. The minimum Gasteiger partial charge on any atom is -0.490 e. The molecule has 1 rings (SSSR count). The van der Waals surface area contributed by atoms with Gasteiger partial charge in [0.2, 0.25) is 0 Å². The van der Waals surface area contributed by atoms with Crippen molar-refractivity contribution in [3.05, 3.63) is 22.4 Å². The van der Waals surface area contributed by atoms with Crippen LogP contribution in [0, 0.1) is 11.3 Å². The van der Waals surface area contributed by atoms with Crippen LogP contribution in [0.15, 0.2) is 12.3 Å². The summed E-state index contributed by atoms with van der Waals surface area (Å²) in [6.45, 7) is 12.6. The number of pyridine rings is 1. The molecule has 5 nitrogen and oxygen atoms in total. The van der Waals surface area contributed by atoms with Gasteiger partial charge >= 0.3 is 6.09 Å². The van der Waals surface area contributed by atoms with Crippen molar-refractivity contribution in [2.75, 3.05) is 13.2 Å². The number of rotatable bonds is 7. The van der Waals surface area contributed by atoms with Crippen LogP contribution in [0.3, 0.4) is 0 Å². The number of ether oxygens (including phenoxy) is 2. The van der Waals surface area contributed by atoms with Gasteiger partial charge in [-0.15, -0.1) is 0 Å². The van der Waals surface area contributed by atoms with Crippen molar-refractivity contribution in [2.24, 2.45) is 11.3 Å². The molecule has 0 aliphatic carbocycles. The molecule has 1 aromatic rings. The van der Waals surface area contributed by atoms with Gasteiger partial charge in [0.15, 0.2) is 5.75 Å². The van der Waals surface area contributed by atoms with Gasteiger partial charge < -0.3 is 14.8 Å². The normalized spacial score (nSPS) is 14.1. The maximum atomic E-state index is 11.9. The van der Waals surface area contributed by atoms with Gasteiger partial charge in [-0.25, -0.2) is 9.78 Å². The fraction of sp³-hybridized carbons (Fsp3) is 0.667. The van der Waals surface area contributed by atoms with Crippen LogP contribution in [0.4, 0.5) is 4.79 Å². The highest BCUT2D eigenvalue weighted by atomic mass is 35.5. The molecule has 0 bridgehead atoms. The van der Waals surface area contributed by atoms with Gasteiger partial charge in [0, 0.05) is 12.0 Å². The van der Waals surface area contributed by atoms with E-state index in [1.807, 2.05) is 20.8 Å². The topological polar surface area (TPSA) is 60.5 Å². The number of alkyl carbamates (subject to hydrolysis) is 1. The molecule has 1 unspecified atom stereocenters. The van der Waals surface area contributed by atoms with E-state index >= 15 is 0 Å². The van der Waals surface area contributed by atoms with E-state index in [1.54, 1.807) is 0 Å². The van der Waals surface area contributed by atoms with Gasteiger partial charge in [-0.05, 0) is 39.2 Å². The summed E-state index contributed by atoms with van der Waals surface area (Å²) in [6.07, 6.45) is 1.93. The van der Waals surface area contributed by atoms with Crippen LogP contribution in [0.5, 0.6) is 5.75 Å². The molecule has 1 amide bonds. The van der Waals surface area contributed by atoms with Crippen molar-refractivity contribution in [3.63, 3.8) is 0 Å². The second-order valence-electron chi connectivity index (χ2n) is 7.99. The maximum Gasteiger partial charge on any atom is 0.407 e. The van der Waals surface area contributed by atoms with Gasteiger partial charge in [0.05, 0.1) is 17.8 Å². The van der Waals surface area contributed by atoms with E-state index in [-0.39, 0.29) is 5.41 Å². The Morgan fingerprint density at radius 3 is 2.44 bits per heavy atom. The molecule has 0 saturated heterocycles. The van der Waals surface area contributed by atoms with Crippen LogP contribution >= 0.6 is 23.2 Å². The Balaban J connectivity index is 2.72. The summed E-state index contributed by atoms with van der Waals surface area (Å²) in [6, 6.07) is 1.54. The molecule has 142 valence electrons. The van der Waals surface area contributed by atoms with Crippen molar-refractivity contribution < 1.29 is 14.3 Å². The molecule has 0 fully saturated rings. The molecule has 0 aliphatic heterocycles. The van der Waals surface area contributed by atoms with Crippen LogP contribution in [0.1, 0.15) is 48.0 Å². The first-order valence-corrected chi connectivity index (χ1v) is 9.06. The number of carbonyl (C=O) groups excluding carboxylic acids is 1. The average Bonchev–Trinajstić information content (AvgIpc) is 2.42. The Hall–Kier alpha value is -1.20.